The Hall–Kier alpha value is -1.07. The number of hydrogen-bond donors (Lipinski definition) is 1. The van der Waals surface area contributed by atoms with Gasteiger partial charge in [0.2, 0.25) is 0 Å². The molecule has 1 amide bonds. The standard InChI is InChI=1S/C16H23BrN2O2/c1-16(2,3)21-15(20)19-8-7-18-11-14(19)10-12-5-4-6-13(17)9-12/h4-6,9,14,18H,7-8,10-11H2,1-3H3/t14-/m1/s1. The number of amides is 1. The number of benzene rings is 1. The molecule has 1 aliphatic rings. The summed E-state index contributed by atoms with van der Waals surface area (Å²) < 4.78 is 6.58. The molecule has 21 heavy (non-hydrogen) atoms. The van der Waals surface area contributed by atoms with Gasteiger partial charge in [-0.05, 0) is 44.9 Å². The van der Waals surface area contributed by atoms with Crippen LogP contribution in [0.15, 0.2) is 28.7 Å². The highest BCUT2D eigenvalue weighted by molar-refractivity contribution is 9.10. The predicted molar refractivity (Wildman–Crippen MR) is 87.4 cm³/mol. The molecule has 0 spiro atoms. The number of carbonyl (C=O) groups excluding carboxylic acids is 1. The van der Waals surface area contributed by atoms with Gasteiger partial charge in [-0.2, -0.15) is 0 Å². The van der Waals surface area contributed by atoms with E-state index < -0.39 is 5.60 Å². The molecule has 116 valence electrons. The monoisotopic (exact) mass is 354 g/mol. The molecule has 1 heterocycles. The Kier molecular flexibility index (Phi) is 5.27. The van der Waals surface area contributed by atoms with E-state index in [-0.39, 0.29) is 12.1 Å². The van der Waals surface area contributed by atoms with Crippen LogP contribution < -0.4 is 5.32 Å². The van der Waals surface area contributed by atoms with Crippen molar-refractivity contribution in [1.29, 1.82) is 0 Å². The zero-order valence-electron chi connectivity index (χ0n) is 12.9. The van der Waals surface area contributed by atoms with E-state index in [9.17, 15) is 4.79 Å². The summed E-state index contributed by atoms with van der Waals surface area (Å²) in [7, 11) is 0. The van der Waals surface area contributed by atoms with Gasteiger partial charge in [0.25, 0.3) is 0 Å². The van der Waals surface area contributed by atoms with Gasteiger partial charge in [0.1, 0.15) is 5.60 Å². The van der Waals surface area contributed by atoms with Gasteiger partial charge in [0.15, 0.2) is 0 Å². The van der Waals surface area contributed by atoms with E-state index in [1.165, 1.54) is 5.56 Å². The van der Waals surface area contributed by atoms with E-state index in [1.807, 2.05) is 37.8 Å². The van der Waals surface area contributed by atoms with Crippen molar-refractivity contribution in [3.05, 3.63) is 34.3 Å². The van der Waals surface area contributed by atoms with Gasteiger partial charge in [-0.1, -0.05) is 28.1 Å². The lowest BCUT2D eigenvalue weighted by atomic mass is 10.0. The van der Waals surface area contributed by atoms with E-state index in [2.05, 4.69) is 33.4 Å². The summed E-state index contributed by atoms with van der Waals surface area (Å²) in [4.78, 5) is 14.2. The number of carbonyl (C=O) groups is 1. The summed E-state index contributed by atoms with van der Waals surface area (Å²) in [6, 6.07) is 8.35. The average Bonchev–Trinajstić information content (AvgIpc) is 2.37. The van der Waals surface area contributed by atoms with Gasteiger partial charge < -0.3 is 15.0 Å². The van der Waals surface area contributed by atoms with Crippen molar-refractivity contribution in [3.63, 3.8) is 0 Å². The van der Waals surface area contributed by atoms with Crippen LogP contribution in [0.1, 0.15) is 26.3 Å². The van der Waals surface area contributed by atoms with Gasteiger partial charge in [-0.15, -0.1) is 0 Å². The lowest BCUT2D eigenvalue weighted by molar-refractivity contribution is 0.0122. The molecule has 0 radical (unpaired) electrons. The smallest absolute Gasteiger partial charge is 0.410 e. The first-order valence-electron chi connectivity index (χ1n) is 7.30. The molecule has 1 aromatic carbocycles. The Morgan fingerprint density at radius 2 is 2.24 bits per heavy atom. The predicted octanol–water partition coefficient (Wildman–Crippen LogP) is 3.20. The molecule has 1 fully saturated rings. The summed E-state index contributed by atoms with van der Waals surface area (Å²) in [6.07, 6.45) is 0.607. The van der Waals surface area contributed by atoms with Crippen molar-refractivity contribution in [3.8, 4) is 0 Å². The van der Waals surface area contributed by atoms with Crippen LogP contribution in [0.3, 0.4) is 0 Å². The van der Waals surface area contributed by atoms with Crippen molar-refractivity contribution < 1.29 is 9.53 Å². The SMILES string of the molecule is CC(C)(C)OC(=O)N1CCNC[C@H]1Cc1cccc(Br)c1. The molecule has 0 aliphatic carbocycles. The van der Waals surface area contributed by atoms with E-state index in [0.29, 0.717) is 6.54 Å². The third-order valence-corrected chi connectivity index (χ3v) is 3.83. The Labute approximate surface area is 135 Å². The lowest BCUT2D eigenvalue weighted by Gasteiger charge is -2.37. The summed E-state index contributed by atoms with van der Waals surface area (Å²) in [6.45, 7) is 8.00. The van der Waals surface area contributed by atoms with Crippen molar-refractivity contribution in [1.82, 2.24) is 10.2 Å². The Morgan fingerprint density at radius 1 is 1.48 bits per heavy atom. The zero-order valence-corrected chi connectivity index (χ0v) is 14.4. The first-order chi connectivity index (χ1) is 9.85. The Morgan fingerprint density at radius 3 is 2.90 bits per heavy atom. The molecule has 5 heteroatoms. The van der Waals surface area contributed by atoms with Gasteiger partial charge in [0, 0.05) is 24.1 Å². The van der Waals surface area contributed by atoms with Crippen LogP contribution >= 0.6 is 15.9 Å². The van der Waals surface area contributed by atoms with Crippen LogP contribution in [0, 0.1) is 0 Å². The number of nitrogens with zero attached hydrogens (tertiary/aromatic N) is 1. The molecule has 1 aliphatic heterocycles. The molecule has 1 aromatic rings. The molecule has 0 saturated carbocycles. The number of nitrogens with one attached hydrogen (secondary N) is 1. The first-order valence-corrected chi connectivity index (χ1v) is 8.09. The molecule has 0 aromatic heterocycles. The summed E-state index contributed by atoms with van der Waals surface area (Å²) in [5, 5.41) is 3.36. The number of hydrogen-bond acceptors (Lipinski definition) is 3. The number of ether oxygens (including phenoxy) is 1. The number of halogens is 1. The minimum atomic E-state index is -0.456. The zero-order chi connectivity index (χ0) is 15.5. The fourth-order valence-electron chi connectivity index (χ4n) is 2.44. The minimum absolute atomic E-state index is 0.128. The maximum Gasteiger partial charge on any atom is 0.410 e. The second-order valence-corrected chi connectivity index (χ2v) is 7.28. The largest absolute Gasteiger partial charge is 0.444 e. The van der Waals surface area contributed by atoms with Crippen LogP contribution in [-0.2, 0) is 11.2 Å². The van der Waals surface area contributed by atoms with E-state index >= 15 is 0 Å². The van der Waals surface area contributed by atoms with Crippen molar-refractivity contribution in [2.75, 3.05) is 19.6 Å². The molecular formula is C16H23BrN2O2. The highest BCUT2D eigenvalue weighted by Crippen LogP contribution is 2.18. The van der Waals surface area contributed by atoms with E-state index in [0.717, 1.165) is 24.0 Å². The van der Waals surface area contributed by atoms with Crippen molar-refractivity contribution in [2.45, 2.75) is 38.8 Å². The third kappa shape index (κ3) is 5.00. The first kappa shape index (κ1) is 16.3. The highest BCUT2D eigenvalue weighted by Gasteiger charge is 2.30. The third-order valence-electron chi connectivity index (χ3n) is 3.34. The minimum Gasteiger partial charge on any atom is -0.444 e. The van der Waals surface area contributed by atoms with Crippen LogP contribution in [0.4, 0.5) is 4.79 Å². The maximum absolute atomic E-state index is 12.3. The van der Waals surface area contributed by atoms with E-state index in [4.69, 9.17) is 4.74 Å². The average molecular weight is 355 g/mol. The van der Waals surface area contributed by atoms with Crippen LogP contribution in [0.25, 0.3) is 0 Å². The molecule has 2 rings (SSSR count). The number of rotatable bonds is 2. The summed E-state index contributed by atoms with van der Waals surface area (Å²) in [5.41, 5.74) is 0.758. The second-order valence-electron chi connectivity index (χ2n) is 6.37. The fourth-order valence-corrected chi connectivity index (χ4v) is 2.89. The fraction of sp³-hybridized carbons (Fsp3) is 0.562. The number of piperazine rings is 1. The quantitative estimate of drug-likeness (QED) is 0.886. The van der Waals surface area contributed by atoms with Gasteiger partial charge >= 0.3 is 6.09 Å². The molecule has 1 N–H and O–H groups in total. The Balaban J connectivity index is 2.06. The topological polar surface area (TPSA) is 41.6 Å². The van der Waals surface area contributed by atoms with E-state index in [1.54, 1.807) is 0 Å². The van der Waals surface area contributed by atoms with Gasteiger partial charge in [0.05, 0.1) is 6.04 Å². The molecule has 0 bridgehead atoms. The Bertz CT molecular complexity index is 499. The molecule has 1 saturated heterocycles. The highest BCUT2D eigenvalue weighted by atomic mass is 79.9. The molecule has 4 nitrogen and oxygen atoms in total. The van der Waals surface area contributed by atoms with Gasteiger partial charge in [-0.25, -0.2) is 4.79 Å². The summed E-state index contributed by atoms with van der Waals surface area (Å²) >= 11 is 3.49. The maximum atomic E-state index is 12.3. The van der Waals surface area contributed by atoms with Crippen LogP contribution in [0.5, 0.6) is 0 Å². The second kappa shape index (κ2) is 6.79. The van der Waals surface area contributed by atoms with Crippen molar-refractivity contribution >= 4 is 22.0 Å². The molecule has 0 unspecified atom stereocenters. The molecular weight excluding hydrogens is 332 g/mol. The lowest BCUT2D eigenvalue weighted by Crippen LogP contribution is -2.55. The normalized spacial score (nSPS) is 19.4. The van der Waals surface area contributed by atoms with Crippen LogP contribution in [0.2, 0.25) is 0 Å². The summed E-state index contributed by atoms with van der Waals surface area (Å²) in [5.74, 6) is 0. The van der Waals surface area contributed by atoms with Crippen LogP contribution in [-0.4, -0.2) is 42.3 Å². The van der Waals surface area contributed by atoms with Crippen molar-refractivity contribution in [2.24, 2.45) is 0 Å². The molecule has 1 atom stereocenters. The van der Waals surface area contributed by atoms with Gasteiger partial charge in [-0.3, -0.25) is 0 Å².